The maximum atomic E-state index is 4.54. The fourth-order valence-corrected chi connectivity index (χ4v) is 6.02. The molecule has 4 fully saturated rings. The third-order valence-electron chi connectivity index (χ3n) is 6.81. The summed E-state index contributed by atoms with van der Waals surface area (Å²) in [6.45, 7) is 3.07. The molecule has 1 aromatic rings. The van der Waals surface area contributed by atoms with Crippen molar-refractivity contribution in [1.82, 2.24) is 15.3 Å². The summed E-state index contributed by atoms with van der Waals surface area (Å²) in [6, 6.07) is 0. The molecular formula is C18H26N4. The van der Waals surface area contributed by atoms with Crippen molar-refractivity contribution in [1.29, 1.82) is 0 Å². The third-order valence-corrected chi connectivity index (χ3v) is 6.81. The molecule has 0 atom stereocenters. The van der Waals surface area contributed by atoms with Gasteiger partial charge in [-0.3, -0.25) is 0 Å². The number of hydrogen-bond acceptors (Lipinski definition) is 4. The Kier molecular flexibility index (Phi) is 3.14. The van der Waals surface area contributed by atoms with Crippen LogP contribution in [0.25, 0.3) is 0 Å². The van der Waals surface area contributed by atoms with Crippen LogP contribution in [0, 0.1) is 29.6 Å². The average molecular weight is 298 g/mol. The fourth-order valence-electron chi connectivity index (χ4n) is 6.02. The Balaban J connectivity index is 1.32. The van der Waals surface area contributed by atoms with Crippen molar-refractivity contribution in [3.63, 3.8) is 0 Å². The highest BCUT2D eigenvalue weighted by molar-refractivity contribution is 5.47. The third kappa shape index (κ3) is 2.15. The first kappa shape index (κ1) is 13.3. The van der Waals surface area contributed by atoms with E-state index in [2.05, 4.69) is 20.6 Å². The Hall–Kier alpha value is -1.16. The van der Waals surface area contributed by atoms with E-state index in [-0.39, 0.29) is 0 Å². The highest BCUT2D eigenvalue weighted by Gasteiger charge is 2.47. The smallest absolute Gasteiger partial charge is 0.132 e. The lowest BCUT2D eigenvalue weighted by Gasteiger charge is -2.54. The van der Waals surface area contributed by atoms with Crippen molar-refractivity contribution in [3.05, 3.63) is 17.6 Å². The first-order chi connectivity index (χ1) is 10.9. The van der Waals surface area contributed by atoms with E-state index in [9.17, 15) is 0 Å². The molecule has 4 saturated carbocycles. The van der Waals surface area contributed by atoms with E-state index in [1.165, 1.54) is 36.9 Å². The molecule has 2 N–H and O–H groups in total. The summed E-state index contributed by atoms with van der Waals surface area (Å²) in [5, 5.41) is 7.12. The lowest BCUT2D eigenvalue weighted by Crippen LogP contribution is -2.47. The van der Waals surface area contributed by atoms with Gasteiger partial charge in [0.2, 0.25) is 0 Å². The Labute approximate surface area is 132 Å². The zero-order chi connectivity index (χ0) is 14.5. The summed E-state index contributed by atoms with van der Waals surface area (Å²) < 4.78 is 0. The number of anilines is 1. The van der Waals surface area contributed by atoms with Gasteiger partial charge in [0.15, 0.2) is 0 Å². The Morgan fingerprint density at radius 1 is 1.05 bits per heavy atom. The van der Waals surface area contributed by atoms with E-state index in [4.69, 9.17) is 0 Å². The van der Waals surface area contributed by atoms with Crippen molar-refractivity contribution in [2.75, 3.05) is 18.4 Å². The molecule has 4 heteroatoms. The van der Waals surface area contributed by atoms with E-state index < -0.39 is 0 Å². The van der Waals surface area contributed by atoms with Gasteiger partial charge >= 0.3 is 0 Å². The van der Waals surface area contributed by atoms with E-state index >= 15 is 0 Å². The topological polar surface area (TPSA) is 49.8 Å². The molecule has 5 aliphatic rings. The molecule has 4 bridgehead atoms. The van der Waals surface area contributed by atoms with Gasteiger partial charge in [-0.15, -0.1) is 0 Å². The van der Waals surface area contributed by atoms with Gasteiger partial charge in [-0.05, 0) is 74.7 Å². The van der Waals surface area contributed by atoms with Crippen molar-refractivity contribution in [2.45, 2.75) is 45.1 Å². The molecule has 1 aromatic heterocycles. The number of rotatable bonds is 3. The van der Waals surface area contributed by atoms with Crippen molar-refractivity contribution < 1.29 is 0 Å². The number of nitrogens with one attached hydrogen (secondary N) is 2. The van der Waals surface area contributed by atoms with Crippen LogP contribution in [0.4, 0.5) is 5.82 Å². The molecule has 0 aromatic carbocycles. The Morgan fingerprint density at radius 3 is 2.59 bits per heavy atom. The monoisotopic (exact) mass is 298 g/mol. The quantitative estimate of drug-likeness (QED) is 0.900. The molecule has 6 rings (SSSR count). The van der Waals surface area contributed by atoms with Crippen LogP contribution in [0.2, 0.25) is 0 Å². The van der Waals surface area contributed by atoms with Crippen molar-refractivity contribution in [2.24, 2.45) is 29.6 Å². The summed E-state index contributed by atoms with van der Waals surface area (Å²) in [7, 11) is 0. The van der Waals surface area contributed by atoms with E-state index in [1.54, 1.807) is 12.7 Å². The minimum atomic E-state index is 0.889. The molecule has 2 heterocycles. The van der Waals surface area contributed by atoms with Gasteiger partial charge in [0.05, 0.1) is 5.69 Å². The molecule has 0 saturated heterocycles. The van der Waals surface area contributed by atoms with Crippen LogP contribution in [-0.2, 0) is 13.0 Å². The second-order valence-corrected chi connectivity index (χ2v) is 8.05. The molecule has 0 radical (unpaired) electrons. The van der Waals surface area contributed by atoms with Crippen LogP contribution in [0.1, 0.15) is 43.4 Å². The molecule has 0 unspecified atom stereocenters. The molecule has 1 aliphatic heterocycles. The molecule has 0 amide bonds. The van der Waals surface area contributed by atoms with E-state index in [0.29, 0.717) is 0 Å². The van der Waals surface area contributed by atoms with Crippen LogP contribution in [0.3, 0.4) is 0 Å². The highest BCUT2D eigenvalue weighted by Crippen LogP contribution is 2.56. The summed E-state index contributed by atoms with van der Waals surface area (Å²) in [6.07, 6.45) is 10.3. The molecule has 4 aliphatic carbocycles. The Morgan fingerprint density at radius 2 is 1.82 bits per heavy atom. The van der Waals surface area contributed by atoms with Crippen LogP contribution in [0.5, 0.6) is 0 Å². The molecule has 0 spiro atoms. The highest BCUT2D eigenvalue weighted by atomic mass is 15.0. The minimum Gasteiger partial charge on any atom is -0.369 e. The predicted molar refractivity (Wildman–Crippen MR) is 86.5 cm³/mol. The lowest BCUT2D eigenvalue weighted by atomic mass is 9.52. The van der Waals surface area contributed by atoms with Gasteiger partial charge < -0.3 is 10.6 Å². The second kappa shape index (κ2) is 5.19. The van der Waals surface area contributed by atoms with Crippen LogP contribution >= 0.6 is 0 Å². The number of aromatic nitrogens is 2. The maximum absolute atomic E-state index is 4.54. The maximum Gasteiger partial charge on any atom is 0.132 e. The molecule has 22 heavy (non-hydrogen) atoms. The average Bonchev–Trinajstić information content (AvgIpc) is 2.54. The normalized spacial score (nSPS) is 38.8. The SMILES string of the molecule is c1nc2c(c(NCC3C4CC5CC(C4)CC3C5)n1)CCNC2. The van der Waals surface area contributed by atoms with Gasteiger partial charge in [-0.2, -0.15) is 0 Å². The first-order valence-electron chi connectivity index (χ1n) is 9.14. The fraction of sp³-hybridized carbons (Fsp3) is 0.778. The van der Waals surface area contributed by atoms with E-state index in [1.807, 2.05) is 0 Å². The second-order valence-electron chi connectivity index (χ2n) is 8.05. The van der Waals surface area contributed by atoms with Gasteiger partial charge in [0, 0.05) is 18.7 Å². The number of hydrogen-bond donors (Lipinski definition) is 2. The van der Waals surface area contributed by atoms with E-state index in [0.717, 1.165) is 61.5 Å². The predicted octanol–water partition coefficient (Wildman–Crippen LogP) is 2.61. The summed E-state index contributed by atoms with van der Waals surface area (Å²) >= 11 is 0. The Bertz CT molecular complexity index is 542. The van der Waals surface area contributed by atoms with Gasteiger partial charge in [-0.25, -0.2) is 9.97 Å². The van der Waals surface area contributed by atoms with Crippen molar-refractivity contribution >= 4 is 5.82 Å². The summed E-state index contributed by atoms with van der Waals surface area (Å²) in [5.41, 5.74) is 2.54. The first-order valence-corrected chi connectivity index (χ1v) is 9.14. The summed E-state index contributed by atoms with van der Waals surface area (Å²) in [5.74, 6) is 6.11. The lowest BCUT2D eigenvalue weighted by molar-refractivity contribution is -0.0305. The van der Waals surface area contributed by atoms with Crippen LogP contribution in [-0.4, -0.2) is 23.1 Å². The summed E-state index contributed by atoms with van der Waals surface area (Å²) in [4.78, 5) is 8.98. The van der Waals surface area contributed by atoms with Crippen molar-refractivity contribution in [3.8, 4) is 0 Å². The largest absolute Gasteiger partial charge is 0.369 e. The zero-order valence-corrected chi connectivity index (χ0v) is 13.2. The van der Waals surface area contributed by atoms with Gasteiger partial charge in [0.25, 0.3) is 0 Å². The van der Waals surface area contributed by atoms with Crippen LogP contribution in [0.15, 0.2) is 6.33 Å². The molecule has 4 nitrogen and oxygen atoms in total. The van der Waals surface area contributed by atoms with Crippen LogP contribution < -0.4 is 10.6 Å². The van der Waals surface area contributed by atoms with Gasteiger partial charge in [-0.1, -0.05) is 0 Å². The van der Waals surface area contributed by atoms with Gasteiger partial charge in [0.1, 0.15) is 12.1 Å². The molecular weight excluding hydrogens is 272 g/mol. The number of fused-ring (bicyclic) bond motifs is 1. The standard InChI is InChI=1S/C18H26N4/c1-2-19-9-17-15(1)18(22-10-21-17)20-8-16-13-4-11-3-12(6-13)7-14(16)5-11/h10-14,16,19H,1-9H2,(H,20,21,22). The minimum absolute atomic E-state index is 0.889. The number of nitrogens with zero attached hydrogens (tertiary/aromatic N) is 2. The zero-order valence-electron chi connectivity index (χ0n) is 13.2. The molecule has 118 valence electrons.